The molecule has 0 aromatic heterocycles. The first-order chi connectivity index (χ1) is 10.8. The maximum Gasteiger partial charge on any atom is 0.239 e. The van der Waals surface area contributed by atoms with Crippen LogP contribution in [0.2, 0.25) is 0 Å². The van der Waals surface area contributed by atoms with Crippen molar-refractivity contribution in [3.8, 4) is 0 Å². The molecule has 2 aliphatic rings. The topological polar surface area (TPSA) is 49.4 Å². The van der Waals surface area contributed by atoms with E-state index in [1.807, 2.05) is 30.3 Å². The van der Waals surface area contributed by atoms with E-state index in [-0.39, 0.29) is 17.9 Å². The van der Waals surface area contributed by atoms with Gasteiger partial charge in [-0.25, -0.2) is 0 Å². The number of carbonyl (C=O) groups is 2. The Morgan fingerprint density at radius 3 is 2.36 bits per heavy atom. The normalized spacial score (nSPS) is 23.4. The van der Waals surface area contributed by atoms with Crippen LogP contribution in [-0.2, 0) is 9.59 Å². The number of carbonyl (C=O) groups excluding carboxylic acids is 2. The van der Waals surface area contributed by atoms with Crippen molar-refractivity contribution in [1.82, 2.24) is 5.32 Å². The van der Waals surface area contributed by atoms with E-state index in [4.69, 9.17) is 0 Å². The summed E-state index contributed by atoms with van der Waals surface area (Å²) in [6.45, 7) is 0.631. The van der Waals surface area contributed by atoms with Crippen molar-refractivity contribution in [3.05, 3.63) is 30.3 Å². The van der Waals surface area contributed by atoms with E-state index in [0.29, 0.717) is 13.0 Å². The van der Waals surface area contributed by atoms with E-state index in [9.17, 15) is 9.59 Å². The molecule has 118 valence electrons. The van der Waals surface area contributed by atoms with Gasteiger partial charge in [0.05, 0.1) is 0 Å². The smallest absolute Gasteiger partial charge is 0.239 e. The molecule has 0 bridgehead atoms. The Morgan fingerprint density at radius 2 is 1.68 bits per heavy atom. The minimum Gasteiger partial charge on any atom is -0.353 e. The second-order valence-corrected chi connectivity index (χ2v) is 6.36. The quantitative estimate of drug-likeness (QED) is 0.689. The molecular weight excluding hydrogens is 276 g/mol. The Labute approximate surface area is 131 Å². The van der Waals surface area contributed by atoms with Crippen LogP contribution in [-0.4, -0.2) is 24.4 Å². The molecule has 1 saturated carbocycles. The van der Waals surface area contributed by atoms with Crippen LogP contribution >= 0.6 is 0 Å². The van der Waals surface area contributed by atoms with Gasteiger partial charge in [-0.1, -0.05) is 43.9 Å². The minimum atomic E-state index is -0.511. The van der Waals surface area contributed by atoms with Crippen LogP contribution in [0, 0.1) is 5.92 Å². The van der Waals surface area contributed by atoms with Crippen LogP contribution in [0.1, 0.15) is 44.9 Å². The molecule has 4 nitrogen and oxygen atoms in total. The molecule has 1 aliphatic heterocycles. The van der Waals surface area contributed by atoms with Crippen molar-refractivity contribution in [2.75, 3.05) is 11.4 Å². The zero-order chi connectivity index (χ0) is 15.4. The molecule has 1 aromatic carbocycles. The number of nitrogens with one attached hydrogen (secondary N) is 1. The van der Waals surface area contributed by atoms with E-state index in [1.165, 1.54) is 25.7 Å². The highest BCUT2D eigenvalue weighted by Gasteiger charge is 2.38. The SMILES string of the molecule is O=C(NC1CCCCCC1)[C@H]1CCN(c2ccccc2)C1=O. The predicted molar refractivity (Wildman–Crippen MR) is 86.5 cm³/mol. The van der Waals surface area contributed by atoms with Gasteiger partial charge in [0.25, 0.3) is 0 Å². The zero-order valence-electron chi connectivity index (χ0n) is 13.0. The Bertz CT molecular complexity index is 521. The fourth-order valence-corrected chi connectivity index (χ4v) is 3.51. The highest BCUT2D eigenvalue weighted by Crippen LogP contribution is 2.26. The molecule has 1 N–H and O–H groups in total. The van der Waals surface area contributed by atoms with Gasteiger partial charge in [0, 0.05) is 18.3 Å². The lowest BCUT2D eigenvalue weighted by Gasteiger charge is -2.19. The van der Waals surface area contributed by atoms with E-state index < -0.39 is 5.92 Å². The summed E-state index contributed by atoms with van der Waals surface area (Å²) in [5, 5.41) is 3.12. The van der Waals surface area contributed by atoms with Gasteiger partial charge in [-0.05, 0) is 31.4 Å². The monoisotopic (exact) mass is 300 g/mol. The van der Waals surface area contributed by atoms with Crippen LogP contribution in [0.15, 0.2) is 30.3 Å². The van der Waals surface area contributed by atoms with Crippen LogP contribution in [0.25, 0.3) is 0 Å². The third kappa shape index (κ3) is 3.32. The van der Waals surface area contributed by atoms with Gasteiger partial charge in [0.15, 0.2) is 0 Å². The molecule has 0 unspecified atom stereocenters. The molecule has 1 saturated heterocycles. The zero-order valence-corrected chi connectivity index (χ0v) is 13.0. The third-order valence-electron chi connectivity index (χ3n) is 4.79. The standard InChI is InChI=1S/C18H24N2O2/c21-17(19-14-8-4-1-2-5-9-14)16-12-13-20(18(16)22)15-10-6-3-7-11-15/h3,6-7,10-11,14,16H,1-2,4-5,8-9,12-13H2,(H,19,21)/t16-/m1/s1. The lowest BCUT2D eigenvalue weighted by Crippen LogP contribution is -2.41. The summed E-state index contributed by atoms with van der Waals surface area (Å²) in [6.07, 6.45) is 7.60. The summed E-state index contributed by atoms with van der Waals surface area (Å²) in [7, 11) is 0. The highest BCUT2D eigenvalue weighted by atomic mass is 16.2. The molecule has 22 heavy (non-hydrogen) atoms. The summed E-state index contributed by atoms with van der Waals surface area (Å²) in [4.78, 5) is 26.7. The summed E-state index contributed by atoms with van der Waals surface area (Å²) >= 11 is 0. The third-order valence-corrected chi connectivity index (χ3v) is 4.79. The van der Waals surface area contributed by atoms with Crippen molar-refractivity contribution in [3.63, 3.8) is 0 Å². The van der Waals surface area contributed by atoms with Crippen molar-refractivity contribution < 1.29 is 9.59 Å². The Hall–Kier alpha value is -1.84. The molecule has 2 fully saturated rings. The second-order valence-electron chi connectivity index (χ2n) is 6.36. The summed E-state index contributed by atoms with van der Waals surface area (Å²) in [5.41, 5.74) is 0.886. The van der Waals surface area contributed by atoms with Crippen LogP contribution in [0.5, 0.6) is 0 Å². The molecule has 1 heterocycles. The molecule has 0 radical (unpaired) electrons. The van der Waals surface area contributed by atoms with Gasteiger partial charge in [-0.2, -0.15) is 0 Å². The van der Waals surface area contributed by atoms with E-state index in [1.54, 1.807) is 4.90 Å². The Morgan fingerprint density at radius 1 is 1.00 bits per heavy atom. The molecule has 3 rings (SSSR count). The van der Waals surface area contributed by atoms with Crippen molar-refractivity contribution in [1.29, 1.82) is 0 Å². The van der Waals surface area contributed by atoms with E-state index in [2.05, 4.69) is 5.32 Å². The summed E-state index contributed by atoms with van der Waals surface area (Å²) in [6, 6.07) is 9.87. The number of amides is 2. The highest BCUT2D eigenvalue weighted by molar-refractivity contribution is 6.09. The molecule has 2 amide bonds. The van der Waals surface area contributed by atoms with Gasteiger partial charge in [-0.3, -0.25) is 9.59 Å². The molecule has 1 aromatic rings. The number of benzene rings is 1. The van der Waals surface area contributed by atoms with Crippen molar-refractivity contribution in [2.24, 2.45) is 5.92 Å². The van der Waals surface area contributed by atoms with Gasteiger partial charge < -0.3 is 10.2 Å². The number of hydrogen-bond donors (Lipinski definition) is 1. The number of anilines is 1. The fraction of sp³-hybridized carbons (Fsp3) is 0.556. The average molecular weight is 300 g/mol. The fourth-order valence-electron chi connectivity index (χ4n) is 3.51. The number of rotatable bonds is 3. The van der Waals surface area contributed by atoms with Crippen LogP contribution in [0.3, 0.4) is 0 Å². The van der Waals surface area contributed by atoms with Gasteiger partial charge in [-0.15, -0.1) is 0 Å². The second kappa shape index (κ2) is 6.95. The number of hydrogen-bond acceptors (Lipinski definition) is 2. The maximum absolute atomic E-state index is 12.5. The van der Waals surface area contributed by atoms with Gasteiger partial charge in [0.2, 0.25) is 11.8 Å². The van der Waals surface area contributed by atoms with Crippen molar-refractivity contribution in [2.45, 2.75) is 51.0 Å². The number of para-hydroxylation sites is 1. The molecule has 0 spiro atoms. The van der Waals surface area contributed by atoms with Crippen LogP contribution < -0.4 is 10.2 Å². The van der Waals surface area contributed by atoms with E-state index in [0.717, 1.165) is 18.5 Å². The molecule has 1 atom stereocenters. The van der Waals surface area contributed by atoms with Gasteiger partial charge in [0.1, 0.15) is 5.92 Å². The first-order valence-corrected chi connectivity index (χ1v) is 8.42. The molecule has 4 heteroatoms. The summed E-state index contributed by atoms with van der Waals surface area (Å²) in [5.74, 6) is -0.642. The van der Waals surface area contributed by atoms with Crippen LogP contribution in [0.4, 0.5) is 5.69 Å². The minimum absolute atomic E-state index is 0.0580. The largest absolute Gasteiger partial charge is 0.353 e. The summed E-state index contributed by atoms with van der Waals surface area (Å²) < 4.78 is 0. The first-order valence-electron chi connectivity index (χ1n) is 8.42. The lowest BCUT2D eigenvalue weighted by atomic mass is 10.0. The molecule has 1 aliphatic carbocycles. The first kappa shape index (κ1) is 15.1. The Balaban J connectivity index is 1.60. The van der Waals surface area contributed by atoms with E-state index >= 15 is 0 Å². The maximum atomic E-state index is 12.5. The molecular formula is C18H24N2O2. The van der Waals surface area contributed by atoms with Gasteiger partial charge >= 0.3 is 0 Å². The Kier molecular flexibility index (Phi) is 4.76. The lowest BCUT2D eigenvalue weighted by molar-refractivity contribution is -0.132. The van der Waals surface area contributed by atoms with Crippen molar-refractivity contribution >= 4 is 17.5 Å². The average Bonchev–Trinajstić information content (AvgIpc) is 2.75. The number of nitrogens with zero attached hydrogens (tertiary/aromatic N) is 1. The predicted octanol–water partition coefficient (Wildman–Crippen LogP) is 2.88.